The maximum atomic E-state index is 13.6. The van der Waals surface area contributed by atoms with Gasteiger partial charge in [-0.25, -0.2) is 18.2 Å². The number of fused-ring (bicyclic) bond motifs is 1. The first-order chi connectivity index (χ1) is 13.9. The second kappa shape index (κ2) is 7.75. The van der Waals surface area contributed by atoms with Crippen molar-refractivity contribution in [3.8, 4) is 0 Å². The van der Waals surface area contributed by atoms with Gasteiger partial charge >= 0.3 is 0 Å². The van der Waals surface area contributed by atoms with E-state index in [-0.39, 0.29) is 34.3 Å². The number of hydrogen-bond acceptors (Lipinski definition) is 4. The summed E-state index contributed by atoms with van der Waals surface area (Å²) < 4.78 is 40.3. The molecule has 29 heavy (non-hydrogen) atoms. The smallest absolute Gasteiger partial charge is 0.257 e. The first-order valence-corrected chi connectivity index (χ1v) is 9.65. The summed E-state index contributed by atoms with van der Waals surface area (Å²) in [5.41, 5.74) is 0.679. The van der Waals surface area contributed by atoms with Gasteiger partial charge in [0, 0.05) is 24.2 Å². The van der Waals surface area contributed by atoms with Gasteiger partial charge in [0.25, 0.3) is 5.56 Å². The Bertz CT molecular complexity index is 1130. The van der Waals surface area contributed by atoms with Crippen LogP contribution >= 0.6 is 11.8 Å². The summed E-state index contributed by atoms with van der Waals surface area (Å²) in [6.07, 6.45) is -0.122. The fourth-order valence-electron chi connectivity index (χ4n) is 3.21. The Morgan fingerprint density at radius 3 is 2.38 bits per heavy atom. The minimum atomic E-state index is -0.809. The van der Waals surface area contributed by atoms with E-state index < -0.39 is 29.0 Å². The van der Waals surface area contributed by atoms with E-state index in [2.05, 4.69) is 15.3 Å². The maximum Gasteiger partial charge on any atom is 0.257 e. The molecular formula is C20H14F3N3O2S. The van der Waals surface area contributed by atoms with Crippen molar-refractivity contribution in [1.29, 1.82) is 0 Å². The zero-order valence-corrected chi connectivity index (χ0v) is 15.7. The lowest BCUT2D eigenvalue weighted by atomic mass is 9.87. The third-order valence-electron chi connectivity index (χ3n) is 4.51. The number of hydrogen-bond donors (Lipinski definition) is 2. The SMILES string of the molecule is O=C1C[C@H](c2cc(F)cc(F)c2)c2c(nc(SCc3ccc(F)cc3)[nH]c2=O)N1. The predicted molar refractivity (Wildman–Crippen MR) is 102 cm³/mol. The summed E-state index contributed by atoms with van der Waals surface area (Å²) in [6.45, 7) is 0. The third-order valence-corrected chi connectivity index (χ3v) is 5.45. The molecule has 0 unspecified atom stereocenters. The highest BCUT2D eigenvalue weighted by molar-refractivity contribution is 7.98. The molecule has 2 heterocycles. The van der Waals surface area contributed by atoms with Crippen molar-refractivity contribution in [3.05, 3.63) is 87.0 Å². The molecule has 2 aromatic carbocycles. The van der Waals surface area contributed by atoms with Crippen LogP contribution in [0.5, 0.6) is 0 Å². The van der Waals surface area contributed by atoms with Gasteiger partial charge in [-0.05, 0) is 35.4 Å². The number of H-pyrrole nitrogens is 1. The Labute approximate surface area is 167 Å². The minimum absolute atomic E-state index is 0.0706. The number of carbonyl (C=O) groups excluding carboxylic acids is 1. The third kappa shape index (κ3) is 4.19. The van der Waals surface area contributed by atoms with E-state index in [0.29, 0.717) is 5.75 Å². The number of rotatable bonds is 4. The van der Waals surface area contributed by atoms with Gasteiger partial charge in [-0.2, -0.15) is 0 Å². The Kier molecular flexibility index (Phi) is 5.14. The normalized spacial score (nSPS) is 15.7. The molecule has 1 aromatic heterocycles. The molecule has 148 valence electrons. The fourth-order valence-corrected chi connectivity index (χ4v) is 4.03. The highest BCUT2D eigenvalue weighted by Crippen LogP contribution is 2.35. The zero-order chi connectivity index (χ0) is 20.5. The van der Waals surface area contributed by atoms with Crippen molar-refractivity contribution in [2.75, 3.05) is 5.32 Å². The van der Waals surface area contributed by atoms with Crippen molar-refractivity contribution >= 4 is 23.5 Å². The van der Waals surface area contributed by atoms with Crippen LogP contribution in [0.3, 0.4) is 0 Å². The Morgan fingerprint density at radius 2 is 1.69 bits per heavy atom. The first-order valence-electron chi connectivity index (χ1n) is 8.66. The van der Waals surface area contributed by atoms with Gasteiger partial charge in [0.1, 0.15) is 23.3 Å². The zero-order valence-electron chi connectivity index (χ0n) is 14.8. The molecule has 1 amide bonds. The van der Waals surface area contributed by atoms with Gasteiger partial charge in [0.05, 0.1) is 5.56 Å². The number of halogens is 3. The molecule has 9 heteroatoms. The van der Waals surface area contributed by atoms with Crippen LogP contribution < -0.4 is 10.9 Å². The average molecular weight is 417 g/mol. The molecule has 1 atom stereocenters. The second-order valence-corrected chi connectivity index (χ2v) is 7.52. The maximum absolute atomic E-state index is 13.6. The van der Waals surface area contributed by atoms with E-state index in [4.69, 9.17) is 0 Å². The molecule has 0 fully saturated rings. The Balaban J connectivity index is 1.66. The van der Waals surface area contributed by atoms with E-state index >= 15 is 0 Å². The van der Waals surface area contributed by atoms with Crippen molar-refractivity contribution in [1.82, 2.24) is 9.97 Å². The van der Waals surface area contributed by atoms with Gasteiger partial charge in [0.2, 0.25) is 5.91 Å². The van der Waals surface area contributed by atoms with Crippen LogP contribution in [0, 0.1) is 17.5 Å². The van der Waals surface area contributed by atoms with Crippen molar-refractivity contribution < 1.29 is 18.0 Å². The average Bonchev–Trinajstić information content (AvgIpc) is 2.66. The Morgan fingerprint density at radius 1 is 1.00 bits per heavy atom. The van der Waals surface area contributed by atoms with E-state index in [1.54, 1.807) is 12.1 Å². The van der Waals surface area contributed by atoms with E-state index in [1.165, 1.54) is 23.9 Å². The van der Waals surface area contributed by atoms with E-state index in [0.717, 1.165) is 23.8 Å². The molecular weight excluding hydrogens is 403 g/mol. The van der Waals surface area contributed by atoms with Gasteiger partial charge in [-0.15, -0.1) is 0 Å². The monoisotopic (exact) mass is 417 g/mol. The highest BCUT2D eigenvalue weighted by atomic mass is 32.2. The summed E-state index contributed by atoms with van der Waals surface area (Å²) >= 11 is 1.21. The molecule has 2 N–H and O–H groups in total. The second-order valence-electron chi connectivity index (χ2n) is 6.56. The van der Waals surface area contributed by atoms with Crippen LogP contribution in [0.2, 0.25) is 0 Å². The number of aromatic nitrogens is 2. The molecule has 1 aliphatic heterocycles. The molecule has 0 bridgehead atoms. The summed E-state index contributed by atoms with van der Waals surface area (Å²) in [7, 11) is 0. The summed E-state index contributed by atoms with van der Waals surface area (Å²) in [5.74, 6) is -2.64. The number of aromatic amines is 1. The van der Waals surface area contributed by atoms with Crippen molar-refractivity contribution in [2.24, 2.45) is 0 Å². The largest absolute Gasteiger partial charge is 0.310 e. The summed E-state index contributed by atoms with van der Waals surface area (Å²) in [4.78, 5) is 31.8. The summed E-state index contributed by atoms with van der Waals surface area (Å²) in [6, 6.07) is 8.85. The number of thioether (sulfide) groups is 1. The number of nitrogens with one attached hydrogen (secondary N) is 2. The lowest BCUT2D eigenvalue weighted by Gasteiger charge is -2.24. The molecule has 4 rings (SSSR count). The van der Waals surface area contributed by atoms with E-state index in [9.17, 15) is 22.8 Å². The lowest BCUT2D eigenvalue weighted by Crippen LogP contribution is -2.31. The molecule has 3 aromatic rings. The quantitative estimate of drug-likeness (QED) is 0.498. The van der Waals surface area contributed by atoms with Gasteiger partial charge in [-0.1, -0.05) is 23.9 Å². The number of carbonyl (C=O) groups is 1. The molecule has 0 saturated carbocycles. The van der Waals surface area contributed by atoms with Crippen molar-refractivity contribution in [3.63, 3.8) is 0 Å². The molecule has 5 nitrogen and oxygen atoms in total. The minimum Gasteiger partial charge on any atom is -0.310 e. The van der Waals surface area contributed by atoms with Gasteiger partial charge in [-0.3, -0.25) is 9.59 Å². The van der Waals surface area contributed by atoms with Crippen LogP contribution in [0.25, 0.3) is 0 Å². The molecule has 0 aliphatic carbocycles. The molecule has 0 saturated heterocycles. The van der Waals surface area contributed by atoms with Crippen LogP contribution in [0.15, 0.2) is 52.4 Å². The highest BCUT2D eigenvalue weighted by Gasteiger charge is 2.31. The number of benzene rings is 2. The molecule has 0 spiro atoms. The predicted octanol–water partition coefficient (Wildman–Crippen LogP) is 3.95. The molecule has 1 aliphatic rings. The summed E-state index contributed by atoms with van der Waals surface area (Å²) in [5, 5.41) is 2.82. The van der Waals surface area contributed by atoms with Crippen LogP contribution in [0.1, 0.15) is 29.0 Å². The van der Waals surface area contributed by atoms with Crippen LogP contribution in [-0.2, 0) is 10.5 Å². The van der Waals surface area contributed by atoms with Crippen molar-refractivity contribution in [2.45, 2.75) is 23.2 Å². The number of amides is 1. The topological polar surface area (TPSA) is 74.8 Å². The number of nitrogens with zero attached hydrogens (tertiary/aromatic N) is 1. The van der Waals surface area contributed by atoms with Crippen LogP contribution in [0.4, 0.5) is 19.0 Å². The van der Waals surface area contributed by atoms with Gasteiger partial charge in [0.15, 0.2) is 5.16 Å². The lowest BCUT2D eigenvalue weighted by molar-refractivity contribution is -0.116. The first kappa shape index (κ1) is 19.3. The number of anilines is 1. The van der Waals surface area contributed by atoms with Gasteiger partial charge < -0.3 is 10.3 Å². The Hall–Kier alpha value is -3.07. The van der Waals surface area contributed by atoms with Crippen LogP contribution in [-0.4, -0.2) is 15.9 Å². The van der Waals surface area contributed by atoms with E-state index in [1.807, 2.05) is 0 Å². The molecule has 0 radical (unpaired) electrons. The fraction of sp³-hybridized carbons (Fsp3) is 0.150. The standard InChI is InChI=1S/C20H14F3N3O2S/c21-12-3-1-10(2-4-12)9-29-20-25-18-17(19(28)26-20)15(8-16(27)24-18)11-5-13(22)7-14(23)6-11/h1-7,15H,8-9H2,(H2,24,25,26,27,28)/t15-/m1/s1.